The van der Waals surface area contributed by atoms with Gasteiger partial charge < -0.3 is 10.0 Å². The van der Waals surface area contributed by atoms with Crippen LogP contribution in [0.4, 0.5) is 0 Å². The molecular weight excluding hydrogens is 252 g/mol. The minimum absolute atomic E-state index is 0.151. The van der Waals surface area contributed by atoms with E-state index in [0.29, 0.717) is 5.75 Å². The van der Waals surface area contributed by atoms with Gasteiger partial charge in [-0.1, -0.05) is 17.7 Å². The van der Waals surface area contributed by atoms with Gasteiger partial charge in [-0.2, -0.15) is 0 Å². The van der Waals surface area contributed by atoms with E-state index in [1.165, 1.54) is 0 Å². The van der Waals surface area contributed by atoms with Crippen LogP contribution >= 0.6 is 0 Å². The smallest absolute Gasteiger partial charge is 0.219 e. The van der Waals surface area contributed by atoms with Crippen molar-refractivity contribution in [1.82, 2.24) is 9.80 Å². The molecule has 1 aliphatic heterocycles. The van der Waals surface area contributed by atoms with Gasteiger partial charge >= 0.3 is 0 Å². The molecule has 1 N–H and O–H groups in total. The number of hydrogen-bond donors (Lipinski definition) is 1. The van der Waals surface area contributed by atoms with Crippen LogP contribution in [-0.2, 0) is 4.79 Å². The Morgan fingerprint density at radius 2 is 2.00 bits per heavy atom. The fraction of sp³-hybridized carbons (Fsp3) is 0.562. The molecule has 0 aromatic heterocycles. The number of carbonyl (C=O) groups is 1. The van der Waals surface area contributed by atoms with E-state index in [9.17, 15) is 9.90 Å². The van der Waals surface area contributed by atoms with Crippen LogP contribution in [0, 0.1) is 6.92 Å². The van der Waals surface area contributed by atoms with Crippen molar-refractivity contribution in [2.24, 2.45) is 0 Å². The van der Waals surface area contributed by atoms with Gasteiger partial charge in [-0.05, 0) is 26.3 Å². The average molecular weight is 276 g/mol. The highest BCUT2D eigenvalue weighted by Crippen LogP contribution is 2.29. The summed E-state index contributed by atoms with van der Waals surface area (Å²) < 4.78 is 0. The lowest BCUT2D eigenvalue weighted by atomic mass is 10.0. The number of phenols is 1. The number of amides is 1. The summed E-state index contributed by atoms with van der Waals surface area (Å²) in [6.45, 7) is 9.20. The van der Waals surface area contributed by atoms with Gasteiger partial charge in [0.15, 0.2) is 0 Å². The third kappa shape index (κ3) is 3.31. The van der Waals surface area contributed by atoms with Crippen LogP contribution in [-0.4, -0.2) is 47.0 Å². The number of benzene rings is 1. The molecule has 4 heteroatoms. The normalized spacial score (nSPS) is 18.6. The molecule has 0 saturated carbocycles. The van der Waals surface area contributed by atoms with Crippen LogP contribution in [0.3, 0.4) is 0 Å². The van der Waals surface area contributed by atoms with E-state index in [0.717, 1.165) is 43.7 Å². The van der Waals surface area contributed by atoms with Crippen LogP contribution in [0.2, 0.25) is 0 Å². The van der Waals surface area contributed by atoms with Crippen LogP contribution in [0.5, 0.6) is 5.75 Å². The molecular formula is C16H24N2O2. The number of phenolic OH excluding ortho intramolecular Hbond substituents is 1. The number of aryl methyl sites for hydroxylation is 1. The maximum Gasteiger partial charge on any atom is 0.219 e. The first-order valence-corrected chi connectivity index (χ1v) is 7.28. The minimum atomic E-state index is 0.151. The van der Waals surface area contributed by atoms with E-state index >= 15 is 0 Å². The third-order valence-corrected chi connectivity index (χ3v) is 4.16. The molecule has 1 aromatic rings. The first-order chi connectivity index (χ1) is 9.49. The van der Waals surface area contributed by atoms with Gasteiger partial charge in [-0.25, -0.2) is 0 Å². The first kappa shape index (κ1) is 14.9. The molecule has 20 heavy (non-hydrogen) atoms. The van der Waals surface area contributed by atoms with Crippen molar-refractivity contribution in [2.75, 3.05) is 26.2 Å². The zero-order valence-electron chi connectivity index (χ0n) is 12.6. The summed E-state index contributed by atoms with van der Waals surface area (Å²) in [5.74, 6) is 0.508. The lowest BCUT2D eigenvalue weighted by molar-refractivity contribution is -0.128. The molecule has 0 aliphatic carbocycles. The third-order valence-electron chi connectivity index (χ3n) is 4.16. The summed E-state index contributed by atoms with van der Waals surface area (Å²) >= 11 is 0. The number of hydrogen-bond acceptors (Lipinski definition) is 3. The molecule has 4 nitrogen and oxygen atoms in total. The second-order valence-corrected chi connectivity index (χ2v) is 5.63. The zero-order valence-corrected chi connectivity index (χ0v) is 12.6. The van der Waals surface area contributed by atoms with Crippen LogP contribution in [0.15, 0.2) is 18.2 Å². The van der Waals surface area contributed by atoms with E-state index in [2.05, 4.69) is 11.8 Å². The van der Waals surface area contributed by atoms with E-state index in [1.54, 1.807) is 13.0 Å². The monoisotopic (exact) mass is 276 g/mol. The van der Waals surface area contributed by atoms with E-state index in [-0.39, 0.29) is 11.9 Å². The molecule has 0 bridgehead atoms. The van der Waals surface area contributed by atoms with Crippen molar-refractivity contribution in [3.05, 3.63) is 29.3 Å². The minimum Gasteiger partial charge on any atom is -0.508 e. The standard InChI is InChI=1S/C16H24N2O2/c1-12-5-6-16(20)15(11-12)13(2)17-7-4-8-18(10-9-17)14(3)19/h5-6,11,13,20H,4,7-10H2,1-3H3. The summed E-state index contributed by atoms with van der Waals surface area (Å²) in [5, 5.41) is 10.1. The van der Waals surface area contributed by atoms with E-state index in [1.807, 2.05) is 24.0 Å². The molecule has 1 fully saturated rings. The summed E-state index contributed by atoms with van der Waals surface area (Å²) in [7, 11) is 0. The van der Waals surface area contributed by atoms with Gasteiger partial charge in [0.2, 0.25) is 5.91 Å². The molecule has 1 heterocycles. The van der Waals surface area contributed by atoms with Crippen molar-refractivity contribution in [1.29, 1.82) is 0 Å². The Kier molecular flexibility index (Phi) is 4.65. The second-order valence-electron chi connectivity index (χ2n) is 5.63. The Morgan fingerprint density at radius 1 is 1.25 bits per heavy atom. The van der Waals surface area contributed by atoms with Gasteiger partial charge in [0.1, 0.15) is 5.75 Å². The van der Waals surface area contributed by atoms with Gasteiger partial charge in [0.05, 0.1) is 0 Å². The average Bonchev–Trinajstić information content (AvgIpc) is 2.66. The van der Waals surface area contributed by atoms with Crippen molar-refractivity contribution in [3.63, 3.8) is 0 Å². The van der Waals surface area contributed by atoms with Crippen LogP contribution in [0.25, 0.3) is 0 Å². The SMILES string of the molecule is CC(=O)N1CCCN(C(C)c2cc(C)ccc2O)CC1. The molecule has 1 unspecified atom stereocenters. The Morgan fingerprint density at radius 3 is 2.70 bits per heavy atom. The van der Waals surface area contributed by atoms with Crippen molar-refractivity contribution < 1.29 is 9.90 Å². The molecule has 1 saturated heterocycles. The van der Waals surface area contributed by atoms with Crippen LogP contribution in [0.1, 0.15) is 37.4 Å². The maximum absolute atomic E-state index is 11.5. The molecule has 1 amide bonds. The first-order valence-electron chi connectivity index (χ1n) is 7.28. The Labute approximate surface area is 121 Å². The second kappa shape index (κ2) is 6.27. The molecule has 1 atom stereocenters. The predicted molar refractivity (Wildman–Crippen MR) is 79.7 cm³/mol. The topological polar surface area (TPSA) is 43.8 Å². The Hall–Kier alpha value is -1.55. The molecule has 1 aromatic carbocycles. The Bertz CT molecular complexity index is 487. The summed E-state index contributed by atoms with van der Waals surface area (Å²) in [5.41, 5.74) is 2.13. The maximum atomic E-state index is 11.5. The predicted octanol–water partition coefficient (Wildman–Crippen LogP) is 2.32. The van der Waals surface area contributed by atoms with Crippen molar-refractivity contribution in [3.8, 4) is 5.75 Å². The van der Waals surface area contributed by atoms with E-state index < -0.39 is 0 Å². The quantitative estimate of drug-likeness (QED) is 0.901. The molecule has 1 aliphatic rings. The highest BCUT2D eigenvalue weighted by Gasteiger charge is 2.22. The lowest BCUT2D eigenvalue weighted by Crippen LogP contribution is -2.34. The molecule has 0 spiro atoms. The Balaban J connectivity index is 2.11. The number of rotatable bonds is 2. The van der Waals surface area contributed by atoms with Crippen molar-refractivity contribution in [2.45, 2.75) is 33.2 Å². The molecule has 2 rings (SSSR count). The van der Waals surface area contributed by atoms with Gasteiger partial charge in [0.25, 0.3) is 0 Å². The van der Waals surface area contributed by atoms with Crippen LogP contribution < -0.4 is 0 Å². The van der Waals surface area contributed by atoms with Gasteiger partial charge in [-0.15, -0.1) is 0 Å². The summed E-state index contributed by atoms with van der Waals surface area (Å²) in [6.07, 6.45) is 0.983. The number of aromatic hydroxyl groups is 1. The van der Waals surface area contributed by atoms with Gasteiger partial charge in [-0.3, -0.25) is 9.69 Å². The number of carbonyl (C=O) groups excluding carboxylic acids is 1. The summed E-state index contributed by atoms with van der Waals surface area (Å²) in [4.78, 5) is 15.7. The highest BCUT2D eigenvalue weighted by molar-refractivity contribution is 5.73. The fourth-order valence-electron chi connectivity index (χ4n) is 2.84. The largest absolute Gasteiger partial charge is 0.508 e. The lowest BCUT2D eigenvalue weighted by Gasteiger charge is -2.28. The fourth-order valence-corrected chi connectivity index (χ4v) is 2.84. The molecule has 110 valence electrons. The highest BCUT2D eigenvalue weighted by atomic mass is 16.3. The molecule has 0 radical (unpaired) electrons. The zero-order chi connectivity index (χ0) is 14.7. The number of nitrogens with zero attached hydrogens (tertiary/aromatic N) is 2. The van der Waals surface area contributed by atoms with E-state index in [4.69, 9.17) is 0 Å². The van der Waals surface area contributed by atoms with Gasteiger partial charge in [0, 0.05) is 44.7 Å². The van der Waals surface area contributed by atoms with Crippen molar-refractivity contribution >= 4 is 5.91 Å². The summed E-state index contributed by atoms with van der Waals surface area (Å²) in [6, 6.07) is 5.90.